The minimum atomic E-state index is -0.741. The molecule has 0 spiro atoms. The first kappa shape index (κ1) is 13.5. The molecule has 2 rings (SSSR count). The first-order valence-electron chi connectivity index (χ1n) is 6.17. The Labute approximate surface area is 113 Å². The fraction of sp³-hybridized carbons (Fsp3) is 0.267. The molecule has 0 fully saturated rings. The summed E-state index contributed by atoms with van der Waals surface area (Å²) in [6.07, 6.45) is 0.932. The molecule has 0 aliphatic heterocycles. The lowest BCUT2D eigenvalue weighted by Gasteiger charge is -2.14. The molecule has 1 unspecified atom stereocenters. The molecule has 1 atom stereocenters. The fourth-order valence-corrected chi connectivity index (χ4v) is 1.69. The molecule has 0 saturated carbocycles. The van der Waals surface area contributed by atoms with E-state index in [2.05, 4.69) is 4.98 Å². The van der Waals surface area contributed by atoms with Crippen LogP contribution in [0.15, 0.2) is 48.7 Å². The molecule has 1 radical (unpaired) electrons. The van der Waals surface area contributed by atoms with Crippen molar-refractivity contribution in [2.75, 3.05) is 19.0 Å². The number of aromatic nitrogens is 1. The lowest BCUT2D eigenvalue weighted by atomic mass is 10.2. The second kappa shape index (κ2) is 6.31. The van der Waals surface area contributed by atoms with Gasteiger partial charge in [0.2, 0.25) is 0 Å². The molecule has 1 N–H and O–H groups in total. The van der Waals surface area contributed by atoms with Gasteiger partial charge in [-0.1, -0.05) is 18.2 Å². The monoisotopic (exact) mass is 256 g/mol. The highest BCUT2D eigenvalue weighted by Gasteiger charge is 2.07. The third-order valence-electron chi connectivity index (χ3n) is 2.83. The topological polar surface area (TPSA) is 49.2 Å². The molecule has 1 heterocycles. The summed E-state index contributed by atoms with van der Waals surface area (Å²) >= 11 is 0. The predicted molar refractivity (Wildman–Crippen MR) is 75.6 cm³/mol. The number of nitrogens with one attached hydrogen (secondary N) is 1. The van der Waals surface area contributed by atoms with E-state index in [1.54, 1.807) is 12.3 Å². The van der Waals surface area contributed by atoms with E-state index in [4.69, 9.17) is 10.5 Å². The van der Waals surface area contributed by atoms with Crippen molar-refractivity contribution in [2.45, 2.75) is 12.8 Å². The van der Waals surface area contributed by atoms with Crippen molar-refractivity contribution in [2.24, 2.45) is 0 Å². The van der Waals surface area contributed by atoms with Crippen LogP contribution in [0.3, 0.4) is 0 Å². The Balaban J connectivity index is 1.92. The van der Waals surface area contributed by atoms with Crippen LogP contribution in [0.25, 0.3) is 0 Å². The highest BCUT2D eigenvalue weighted by molar-refractivity contribution is 5.45. The van der Waals surface area contributed by atoms with Crippen LogP contribution < -0.4 is 10.6 Å². The largest absolute Gasteiger partial charge is 0.378 e. The molecule has 4 nitrogen and oxygen atoms in total. The van der Waals surface area contributed by atoms with Crippen LogP contribution in [0.5, 0.6) is 0 Å². The van der Waals surface area contributed by atoms with Crippen LogP contribution in [0, 0.1) is 0 Å². The van der Waals surface area contributed by atoms with Crippen molar-refractivity contribution in [1.29, 1.82) is 0 Å². The molecular weight excluding hydrogens is 238 g/mol. The van der Waals surface area contributed by atoms with E-state index in [0.29, 0.717) is 12.3 Å². The molecule has 2 aromatic rings. The maximum absolute atomic E-state index is 7.88. The second-order valence-corrected chi connectivity index (χ2v) is 4.51. The number of hydrogen-bond donors (Lipinski definition) is 0. The van der Waals surface area contributed by atoms with Crippen molar-refractivity contribution in [3.63, 3.8) is 0 Å². The quantitative estimate of drug-likeness (QED) is 0.826. The van der Waals surface area contributed by atoms with Gasteiger partial charge in [0.15, 0.2) is 6.23 Å². The number of hydrogen-bond acceptors (Lipinski definition) is 3. The Hall–Kier alpha value is -1.91. The number of pyridine rings is 1. The SMILES string of the molecule is CN(C)c1ccc(COC([NH])c2ccccn2)cc1. The van der Waals surface area contributed by atoms with Gasteiger partial charge in [-0.3, -0.25) is 4.98 Å². The molecule has 1 aromatic heterocycles. The maximum Gasteiger partial charge on any atom is 0.164 e. The number of anilines is 1. The van der Waals surface area contributed by atoms with Gasteiger partial charge in [0.05, 0.1) is 12.3 Å². The first-order valence-corrected chi connectivity index (χ1v) is 6.17. The van der Waals surface area contributed by atoms with Crippen molar-refractivity contribution in [3.8, 4) is 0 Å². The summed E-state index contributed by atoms with van der Waals surface area (Å²) in [5, 5.41) is 0. The molecule has 0 aliphatic rings. The number of benzene rings is 1. The van der Waals surface area contributed by atoms with Crippen molar-refractivity contribution in [3.05, 3.63) is 59.9 Å². The third kappa shape index (κ3) is 3.77. The van der Waals surface area contributed by atoms with Gasteiger partial charge in [-0.05, 0) is 29.8 Å². The van der Waals surface area contributed by atoms with Crippen molar-refractivity contribution in [1.82, 2.24) is 10.7 Å². The Kier molecular flexibility index (Phi) is 4.49. The molecule has 1 aromatic carbocycles. The zero-order valence-corrected chi connectivity index (χ0v) is 11.2. The Morgan fingerprint density at radius 2 is 1.89 bits per heavy atom. The van der Waals surface area contributed by atoms with Gasteiger partial charge in [0.1, 0.15) is 0 Å². The van der Waals surface area contributed by atoms with Gasteiger partial charge in [-0.15, -0.1) is 0 Å². The zero-order chi connectivity index (χ0) is 13.7. The van der Waals surface area contributed by atoms with E-state index in [9.17, 15) is 0 Å². The average molecular weight is 256 g/mol. The van der Waals surface area contributed by atoms with Crippen molar-refractivity contribution >= 4 is 5.69 Å². The van der Waals surface area contributed by atoms with E-state index in [1.807, 2.05) is 55.4 Å². The molecule has 4 heteroatoms. The molecule has 0 saturated heterocycles. The average Bonchev–Trinajstić information content (AvgIpc) is 2.46. The summed E-state index contributed by atoms with van der Waals surface area (Å²) in [5.74, 6) is 0. The lowest BCUT2D eigenvalue weighted by Crippen LogP contribution is -2.09. The Morgan fingerprint density at radius 1 is 1.16 bits per heavy atom. The summed E-state index contributed by atoms with van der Waals surface area (Å²) < 4.78 is 5.50. The number of nitrogens with zero attached hydrogens (tertiary/aromatic N) is 2. The van der Waals surface area contributed by atoms with Crippen LogP contribution in [0.4, 0.5) is 5.69 Å². The summed E-state index contributed by atoms with van der Waals surface area (Å²) in [4.78, 5) is 6.16. The van der Waals surface area contributed by atoms with Crippen molar-refractivity contribution < 1.29 is 4.74 Å². The van der Waals surface area contributed by atoms with Gasteiger partial charge in [-0.25, -0.2) is 5.73 Å². The predicted octanol–water partition coefficient (Wildman–Crippen LogP) is 2.65. The highest BCUT2D eigenvalue weighted by atomic mass is 16.5. The van der Waals surface area contributed by atoms with E-state index >= 15 is 0 Å². The Morgan fingerprint density at radius 3 is 2.47 bits per heavy atom. The number of ether oxygens (including phenoxy) is 1. The van der Waals surface area contributed by atoms with Crippen LogP contribution in [0.1, 0.15) is 17.5 Å². The summed E-state index contributed by atoms with van der Waals surface area (Å²) in [7, 11) is 4.01. The van der Waals surface area contributed by atoms with Gasteiger partial charge in [0, 0.05) is 26.0 Å². The summed E-state index contributed by atoms with van der Waals surface area (Å²) in [6, 6.07) is 13.6. The van der Waals surface area contributed by atoms with Crippen LogP contribution in [-0.4, -0.2) is 19.1 Å². The van der Waals surface area contributed by atoms with Gasteiger partial charge < -0.3 is 9.64 Å². The fourth-order valence-electron chi connectivity index (χ4n) is 1.69. The first-order chi connectivity index (χ1) is 9.16. The van der Waals surface area contributed by atoms with E-state index < -0.39 is 6.23 Å². The standard InChI is InChI=1S/C15H18N3O/c1-18(2)13-8-6-12(7-9-13)11-19-15(16)14-5-3-4-10-17-14/h3-10,15-16H,11H2,1-2H3. The zero-order valence-electron chi connectivity index (χ0n) is 11.2. The lowest BCUT2D eigenvalue weighted by molar-refractivity contribution is 0.0360. The minimum absolute atomic E-state index is 0.415. The van der Waals surface area contributed by atoms with E-state index in [0.717, 1.165) is 11.3 Å². The minimum Gasteiger partial charge on any atom is -0.378 e. The molecule has 0 amide bonds. The maximum atomic E-state index is 7.88. The van der Waals surface area contributed by atoms with Crippen LogP contribution in [0.2, 0.25) is 0 Å². The Bertz CT molecular complexity index is 497. The van der Waals surface area contributed by atoms with Gasteiger partial charge in [0.25, 0.3) is 0 Å². The van der Waals surface area contributed by atoms with Crippen LogP contribution >= 0.6 is 0 Å². The van der Waals surface area contributed by atoms with Gasteiger partial charge in [-0.2, -0.15) is 0 Å². The van der Waals surface area contributed by atoms with E-state index in [-0.39, 0.29) is 0 Å². The smallest absolute Gasteiger partial charge is 0.164 e. The molecule has 0 aliphatic carbocycles. The molecular formula is C15H18N3O. The molecule has 99 valence electrons. The molecule has 0 bridgehead atoms. The summed E-state index contributed by atoms with van der Waals surface area (Å²) in [6.45, 7) is 0.415. The summed E-state index contributed by atoms with van der Waals surface area (Å²) in [5.41, 5.74) is 10.7. The normalized spacial score (nSPS) is 12.2. The van der Waals surface area contributed by atoms with Gasteiger partial charge >= 0.3 is 0 Å². The second-order valence-electron chi connectivity index (χ2n) is 4.51. The van der Waals surface area contributed by atoms with Crippen LogP contribution in [-0.2, 0) is 11.3 Å². The number of rotatable bonds is 5. The van der Waals surface area contributed by atoms with E-state index in [1.165, 1.54) is 0 Å². The third-order valence-corrected chi connectivity index (χ3v) is 2.83. The molecule has 19 heavy (non-hydrogen) atoms. The highest BCUT2D eigenvalue weighted by Crippen LogP contribution is 2.16.